The van der Waals surface area contributed by atoms with Gasteiger partial charge in [0.05, 0.1) is 24.8 Å². The highest BCUT2D eigenvalue weighted by Gasteiger charge is 2.30. The van der Waals surface area contributed by atoms with Crippen molar-refractivity contribution in [1.29, 1.82) is 5.26 Å². The molecule has 0 spiro atoms. The zero-order chi connectivity index (χ0) is 20.4. The van der Waals surface area contributed by atoms with E-state index in [-0.39, 0.29) is 25.2 Å². The van der Waals surface area contributed by atoms with Gasteiger partial charge in [-0.05, 0) is 31.5 Å². The highest BCUT2D eigenvalue weighted by Crippen LogP contribution is 2.29. The molecule has 27 heavy (non-hydrogen) atoms. The molecule has 9 heteroatoms. The average molecular weight is 384 g/mol. The summed E-state index contributed by atoms with van der Waals surface area (Å²) in [6.45, 7) is 3.25. The minimum atomic E-state index is -4.44. The molecule has 0 aliphatic carbocycles. The number of nitriles is 1. The van der Waals surface area contributed by atoms with Gasteiger partial charge in [-0.3, -0.25) is 0 Å². The first kappa shape index (κ1) is 22.0. The van der Waals surface area contributed by atoms with Crippen LogP contribution in [0.4, 0.5) is 13.2 Å². The third-order valence-corrected chi connectivity index (χ3v) is 3.29. The van der Waals surface area contributed by atoms with Crippen molar-refractivity contribution in [3.05, 3.63) is 47.2 Å². The average Bonchev–Trinajstić information content (AvgIpc) is 2.61. The lowest BCUT2D eigenvalue weighted by molar-refractivity contribution is -0.157. The van der Waals surface area contributed by atoms with Crippen LogP contribution in [0.3, 0.4) is 0 Å². The molecule has 0 heterocycles. The highest BCUT2D eigenvalue weighted by atomic mass is 19.4. The second-order valence-electron chi connectivity index (χ2n) is 5.26. The van der Waals surface area contributed by atoms with E-state index in [0.29, 0.717) is 5.56 Å². The molecule has 0 bridgehead atoms. The number of halogens is 3. The zero-order valence-corrected chi connectivity index (χ0v) is 14.8. The number of nitrogens with zero attached hydrogens (tertiary/aromatic N) is 1. The largest absolute Gasteiger partial charge is 0.464 e. The maximum absolute atomic E-state index is 12.6. The Morgan fingerprint density at radius 2 is 1.67 bits per heavy atom. The number of ether oxygens (including phenoxy) is 2. The standard InChI is InChI=1S/C18H19F3N2O4/c1-3-26-16(24)15(17(25)27-4-2)23-11-13(10-22)9-12-5-7-14(8-6-12)18(19,20)21/h5-8,11,15,23H,3-4,9H2,1-2H3/b13-11-. The van der Waals surface area contributed by atoms with E-state index in [0.717, 1.165) is 18.3 Å². The molecular formula is C18H19F3N2O4. The number of rotatable bonds is 8. The van der Waals surface area contributed by atoms with E-state index in [1.807, 2.05) is 6.07 Å². The molecule has 0 radical (unpaired) electrons. The van der Waals surface area contributed by atoms with Crippen molar-refractivity contribution in [1.82, 2.24) is 5.32 Å². The second kappa shape index (κ2) is 10.2. The first-order valence-corrected chi connectivity index (χ1v) is 8.07. The van der Waals surface area contributed by atoms with E-state index in [1.165, 1.54) is 12.1 Å². The van der Waals surface area contributed by atoms with Crippen molar-refractivity contribution in [2.45, 2.75) is 32.5 Å². The molecule has 0 aromatic heterocycles. The number of esters is 2. The molecule has 0 unspecified atom stereocenters. The molecule has 0 fully saturated rings. The van der Waals surface area contributed by atoms with Gasteiger partial charge < -0.3 is 14.8 Å². The zero-order valence-electron chi connectivity index (χ0n) is 14.8. The summed E-state index contributed by atoms with van der Waals surface area (Å²) in [7, 11) is 0. The van der Waals surface area contributed by atoms with Crippen molar-refractivity contribution >= 4 is 11.9 Å². The smallest absolute Gasteiger partial charge is 0.416 e. The highest BCUT2D eigenvalue weighted by molar-refractivity contribution is 5.99. The maximum Gasteiger partial charge on any atom is 0.416 e. The normalized spacial score (nSPS) is 11.7. The fourth-order valence-corrected chi connectivity index (χ4v) is 2.02. The van der Waals surface area contributed by atoms with E-state index in [9.17, 15) is 28.0 Å². The van der Waals surface area contributed by atoms with Crippen molar-refractivity contribution < 1.29 is 32.2 Å². The van der Waals surface area contributed by atoms with Crippen molar-refractivity contribution in [3.8, 4) is 6.07 Å². The minimum Gasteiger partial charge on any atom is -0.464 e. The topological polar surface area (TPSA) is 88.4 Å². The number of hydrogen-bond donors (Lipinski definition) is 1. The first-order chi connectivity index (χ1) is 12.7. The number of carbonyl (C=O) groups excluding carboxylic acids is 2. The Kier molecular flexibility index (Phi) is 8.33. The Bertz CT molecular complexity index is 704. The summed E-state index contributed by atoms with van der Waals surface area (Å²) in [6.07, 6.45) is -3.28. The molecule has 0 atom stereocenters. The van der Waals surface area contributed by atoms with Crippen LogP contribution in [0.25, 0.3) is 0 Å². The Balaban J connectivity index is 2.89. The lowest BCUT2D eigenvalue weighted by atomic mass is 10.0. The van der Waals surface area contributed by atoms with Gasteiger partial charge in [-0.15, -0.1) is 0 Å². The van der Waals surface area contributed by atoms with Gasteiger partial charge in [-0.1, -0.05) is 12.1 Å². The van der Waals surface area contributed by atoms with E-state index in [4.69, 9.17) is 9.47 Å². The molecule has 0 amide bonds. The lowest BCUT2D eigenvalue weighted by Gasteiger charge is -2.14. The molecule has 146 valence electrons. The summed E-state index contributed by atoms with van der Waals surface area (Å²) in [4.78, 5) is 23.7. The summed E-state index contributed by atoms with van der Waals surface area (Å²) in [5.41, 5.74) is -0.230. The molecular weight excluding hydrogens is 365 g/mol. The number of benzene rings is 1. The van der Waals surface area contributed by atoms with Gasteiger partial charge in [0, 0.05) is 18.2 Å². The summed E-state index contributed by atoms with van der Waals surface area (Å²) in [6, 6.07) is 4.75. The third-order valence-electron chi connectivity index (χ3n) is 3.29. The molecule has 6 nitrogen and oxygen atoms in total. The van der Waals surface area contributed by atoms with Gasteiger partial charge in [0.1, 0.15) is 0 Å². The van der Waals surface area contributed by atoms with Gasteiger partial charge in [-0.2, -0.15) is 18.4 Å². The monoisotopic (exact) mass is 384 g/mol. The number of alkyl halides is 3. The van der Waals surface area contributed by atoms with Crippen LogP contribution in [-0.4, -0.2) is 31.2 Å². The maximum atomic E-state index is 12.6. The van der Waals surface area contributed by atoms with Gasteiger partial charge >= 0.3 is 18.1 Å². The quantitative estimate of drug-likeness (QED) is 0.421. The SMILES string of the molecule is CCOC(=O)C(N/C=C(\C#N)Cc1ccc(C(F)(F)F)cc1)C(=O)OCC. The second-order valence-corrected chi connectivity index (χ2v) is 5.26. The molecule has 1 rings (SSSR count). The van der Waals surface area contributed by atoms with E-state index < -0.39 is 29.7 Å². The third kappa shape index (κ3) is 7.01. The van der Waals surface area contributed by atoms with Crippen LogP contribution in [-0.2, 0) is 31.7 Å². The first-order valence-electron chi connectivity index (χ1n) is 8.07. The van der Waals surface area contributed by atoms with E-state index in [1.54, 1.807) is 13.8 Å². The predicted molar refractivity (Wildman–Crippen MR) is 89.0 cm³/mol. The molecule has 0 aliphatic rings. The molecule has 0 aliphatic heterocycles. The van der Waals surface area contributed by atoms with E-state index >= 15 is 0 Å². The summed E-state index contributed by atoms with van der Waals surface area (Å²) in [5.74, 6) is -1.72. The Labute approximate surface area is 154 Å². The van der Waals surface area contributed by atoms with Crippen LogP contribution in [0.15, 0.2) is 36.0 Å². The van der Waals surface area contributed by atoms with Crippen LogP contribution >= 0.6 is 0 Å². The molecule has 1 aromatic rings. The molecule has 1 N–H and O–H groups in total. The summed E-state index contributed by atoms with van der Waals surface area (Å²) < 4.78 is 47.3. The van der Waals surface area contributed by atoms with Crippen LogP contribution in [0.1, 0.15) is 25.0 Å². The molecule has 0 saturated carbocycles. The van der Waals surface area contributed by atoms with Gasteiger partial charge in [-0.25, -0.2) is 9.59 Å². The minimum absolute atomic E-state index is 0.0139. The fraction of sp³-hybridized carbons (Fsp3) is 0.389. The fourth-order valence-electron chi connectivity index (χ4n) is 2.02. The van der Waals surface area contributed by atoms with Gasteiger partial charge in [0.15, 0.2) is 0 Å². The van der Waals surface area contributed by atoms with Gasteiger partial charge in [0.25, 0.3) is 0 Å². The van der Waals surface area contributed by atoms with Gasteiger partial charge in [0.2, 0.25) is 6.04 Å². The number of carbonyl (C=O) groups is 2. The van der Waals surface area contributed by atoms with Crippen molar-refractivity contribution in [2.24, 2.45) is 0 Å². The summed E-state index contributed by atoms with van der Waals surface area (Å²) in [5, 5.41) is 11.7. The summed E-state index contributed by atoms with van der Waals surface area (Å²) >= 11 is 0. The Hall–Kier alpha value is -3.02. The van der Waals surface area contributed by atoms with Crippen LogP contribution in [0.2, 0.25) is 0 Å². The Morgan fingerprint density at radius 1 is 1.15 bits per heavy atom. The lowest BCUT2D eigenvalue weighted by Crippen LogP contribution is -2.43. The van der Waals surface area contributed by atoms with Crippen LogP contribution in [0.5, 0.6) is 0 Å². The van der Waals surface area contributed by atoms with Crippen molar-refractivity contribution in [3.63, 3.8) is 0 Å². The number of nitrogens with one attached hydrogen (secondary N) is 1. The molecule has 0 saturated heterocycles. The van der Waals surface area contributed by atoms with Crippen LogP contribution < -0.4 is 5.32 Å². The van der Waals surface area contributed by atoms with Crippen LogP contribution in [0, 0.1) is 11.3 Å². The predicted octanol–water partition coefficient (Wildman–Crippen LogP) is 2.74. The Morgan fingerprint density at radius 3 is 2.07 bits per heavy atom. The number of hydrogen-bond acceptors (Lipinski definition) is 6. The van der Waals surface area contributed by atoms with Crippen molar-refractivity contribution in [2.75, 3.05) is 13.2 Å². The molecule has 1 aromatic carbocycles. The number of allylic oxidation sites excluding steroid dienone is 1. The van der Waals surface area contributed by atoms with E-state index in [2.05, 4.69) is 5.32 Å².